The molecule has 216 valence electrons. The Morgan fingerprint density at radius 3 is 2.67 bits per heavy atom. The predicted molar refractivity (Wildman–Crippen MR) is 162 cm³/mol. The first-order chi connectivity index (χ1) is 20.3. The SMILES string of the molecule is CCCCCCOc1ccc(C2C(C#N)=C(N)Oc3cc(OC(=O)c4oc5ccc(Br)cc5c4C)ccc32)cc1OC. The first-order valence-electron chi connectivity index (χ1n) is 13.8. The van der Waals surface area contributed by atoms with Gasteiger partial charge in [-0.25, -0.2) is 4.79 Å². The van der Waals surface area contributed by atoms with Crippen LogP contribution < -0.4 is 24.7 Å². The summed E-state index contributed by atoms with van der Waals surface area (Å²) in [5, 5.41) is 10.8. The Morgan fingerprint density at radius 1 is 1.07 bits per heavy atom. The molecule has 1 aromatic heterocycles. The molecule has 1 aliphatic heterocycles. The van der Waals surface area contributed by atoms with Crippen LogP contribution in [0.4, 0.5) is 0 Å². The van der Waals surface area contributed by atoms with E-state index in [1.54, 1.807) is 38.3 Å². The minimum absolute atomic E-state index is 0.0209. The molecule has 0 saturated carbocycles. The normalized spacial score (nSPS) is 14.2. The van der Waals surface area contributed by atoms with Crippen LogP contribution in [0.15, 0.2) is 74.9 Å². The highest BCUT2D eigenvalue weighted by atomic mass is 79.9. The van der Waals surface area contributed by atoms with Gasteiger partial charge in [-0.05, 0) is 55.3 Å². The zero-order valence-electron chi connectivity index (χ0n) is 23.7. The molecule has 0 fully saturated rings. The molecule has 0 bridgehead atoms. The van der Waals surface area contributed by atoms with Gasteiger partial charge < -0.3 is 29.1 Å². The number of esters is 1. The molecule has 1 unspecified atom stereocenters. The van der Waals surface area contributed by atoms with Gasteiger partial charge in [0.25, 0.3) is 0 Å². The van der Waals surface area contributed by atoms with Gasteiger partial charge in [0.15, 0.2) is 11.5 Å². The zero-order valence-corrected chi connectivity index (χ0v) is 25.2. The number of nitrogens with zero attached hydrogens (tertiary/aromatic N) is 1. The average Bonchev–Trinajstić information content (AvgIpc) is 3.31. The lowest BCUT2D eigenvalue weighted by Gasteiger charge is -2.27. The van der Waals surface area contributed by atoms with Crippen molar-refractivity contribution < 1.29 is 28.2 Å². The molecule has 1 aliphatic rings. The highest BCUT2D eigenvalue weighted by Crippen LogP contribution is 2.45. The first kappa shape index (κ1) is 29.1. The Bertz CT molecular complexity index is 1720. The maximum Gasteiger partial charge on any atom is 0.379 e. The number of hydrogen-bond acceptors (Lipinski definition) is 8. The fraction of sp³-hybridized carbons (Fsp3) is 0.273. The van der Waals surface area contributed by atoms with Crippen molar-refractivity contribution in [3.63, 3.8) is 0 Å². The largest absolute Gasteiger partial charge is 0.493 e. The molecule has 2 heterocycles. The van der Waals surface area contributed by atoms with Crippen LogP contribution >= 0.6 is 15.9 Å². The van der Waals surface area contributed by atoms with Crippen molar-refractivity contribution in [3.8, 4) is 29.1 Å². The number of hydrogen-bond donors (Lipinski definition) is 1. The standard InChI is InChI=1S/C33H31BrN2O6/c1-4-5-6-7-14-39-27-12-8-20(15-29(27)38-3)30-23-11-10-22(17-28(23)42-32(36)25(30)18-35)40-33(37)31-19(2)24-16-21(34)9-13-26(24)41-31/h8-13,15-17,30H,4-7,14,36H2,1-3H3. The molecule has 0 spiro atoms. The number of fused-ring (bicyclic) bond motifs is 2. The van der Waals surface area contributed by atoms with Crippen molar-refractivity contribution in [2.45, 2.75) is 45.4 Å². The van der Waals surface area contributed by atoms with Gasteiger partial charge in [-0.3, -0.25) is 0 Å². The van der Waals surface area contributed by atoms with E-state index in [4.69, 9.17) is 29.1 Å². The highest BCUT2D eigenvalue weighted by molar-refractivity contribution is 9.10. The number of unbranched alkanes of at least 4 members (excludes halogenated alkanes) is 3. The molecule has 4 aromatic rings. The molecule has 8 nitrogen and oxygen atoms in total. The monoisotopic (exact) mass is 630 g/mol. The summed E-state index contributed by atoms with van der Waals surface area (Å²) >= 11 is 3.45. The molecule has 9 heteroatoms. The summed E-state index contributed by atoms with van der Waals surface area (Å²) in [5.41, 5.74) is 9.22. The van der Waals surface area contributed by atoms with Crippen molar-refractivity contribution in [2.75, 3.05) is 13.7 Å². The van der Waals surface area contributed by atoms with E-state index in [1.165, 1.54) is 6.42 Å². The second-order valence-electron chi connectivity index (χ2n) is 10.0. The third-order valence-corrected chi connectivity index (χ3v) is 7.75. The van der Waals surface area contributed by atoms with Gasteiger partial charge in [-0.1, -0.05) is 54.2 Å². The molecular formula is C33H31BrN2O6. The number of aryl methyl sites for hydroxylation is 1. The van der Waals surface area contributed by atoms with Crippen molar-refractivity contribution in [3.05, 3.63) is 93.0 Å². The number of furan rings is 1. The van der Waals surface area contributed by atoms with Crippen LogP contribution in [0.5, 0.6) is 23.0 Å². The van der Waals surface area contributed by atoms with Crippen LogP contribution in [0.1, 0.15) is 65.8 Å². The van der Waals surface area contributed by atoms with Crippen LogP contribution in [0, 0.1) is 18.3 Å². The number of rotatable bonds is 10. The fourth-order valence-electron chi connectivity index (χ4n) is 5.08. The Hall–Kier alpha value is -4.42. The Kier molecular flexibility index (Phi) is 8.74. The Balaban J connectivity index is 1.41. The van der Waals surface area contributed by atoms with Gasteiger partial charge in [0.05, 0.1) is 19.6 Å². The second kappa shape index (κ2) is 12.6. The van der Waals surface area contributed by atoms with Crippen molar-refractivity contribution in [1.82, 2.24) is 0 Å². The van der Waals surface area contributed by atoms with Gasteiger partial charge >= 0.3 is 5.97 Å². The average molecular weight is 632 g/mol. The number of nitrogens with two attached hydrogens (primary N) is 1. The van der Waals surface area contributed by atoms with Crippen molar-refractivity contribution >= 4 is 32.9 Å². The lowest BCUT2D eigenvalue weighted by Crippen LogP contribution is -2.21. The maximum atomic E-state index is 13.1. The lowest BCUT2D eigenvalue weighted by atomic mass is 9.83. The van der Waals surface area contributed by atoms with Crippen LogP contribution in [0.3, 0.4) is 0 Å². The first-order valence-corrected chi connectivity index (χ1v) is 14.6. The zero-order chi connectivity index (χ0) is 29.8. The van der Waals surface area contributed by atoms with Crippen LogP contribution in [-0.2, 0) is 0 Å². The van der Waals surface area contributed by atoms with Gasteiger partial charge in [0.1, 0.15) is 28.7 Å². The summed E-state index contributed by atoms with van der Waals surface area (Å²) in [5.74, 6) is 0.758. The topological polar surface area (TPSA) is 117 Å². The van der Waals surface area contributed by atoms with Crippen LogP contribution in [-0.4, -0.2) is 19.7 Å². The lowest BCUT2D eigenvalue weighted by molar-refractivity contribution is 0.0702. The maximum absolute atomic E-state index is 13.1. The molecule has 0 amide bonds. The van der Waals surface area contributed by atoms with Crippen LogP contribution in [0.25, 0.3) is 11.0 Å². The fourth-order valence-corrected chi connectivity index (χ4v) is 5.44. The minimum atomic E-state index is -0.636. The number of halogens is 1. The molecule has 3 aromatic carbocycles. The Labute approximate surface area is 252 Å². The number of methoxy groups -OCH3 is 1. The van der Waals surface area contributed by atoms with Crippen molar-refractivity contribution in [2.24, 2.45) is 5.73 Å². The number of carbonyl (C=O) groups is 1. The number of benzene rings is 3. The van der Waals surface area contributed by atoms with E-state index in [2.05, 4.69) is 28.9 Å². The minimum Gasteiger partial charge on any atom is -0.493 e. The smallest absolute Gasteiger partial charge is 0.379 e. The van der Waals surface area contributed by atoms with Gasteiger partial charge in [0.2, 0.25) is 11.6 Å². The van der Waals surface area contributed by atoms with Gasteiger partial charge in [-0.2, -0.15) is 5.26 Å². The molecule has 1 atom stereocenters. The molecule has 0 saturated heterocycles. The van der Waals surface area contributed by atoms with E-state index < -0.39 is 11.9 Å². The summed E-state index contributed by atoms with van der Waals surface area (Å²) in [6.45, 7) is 4.57. The summed E-state index contributed by atoms with van der Waals surface area (Å²) in [4.78, 5) is 13.1. The summed E-state index contributed by atoms with van der Waals surface area (Å²) in [6.07, 6.45) is 4.40. The summed E-state index contributed by atoms with van der Waals surface area (Å²) in [6, 6.07) is 18.3. The van der Waals surface area contributed by atoms with E-state index in [0.717, 1.165) is 34.7 Å². The summed E-state index contributed by atoms with van der Waals surface area (Å²) in [7, 11) is 1.58. The van der Waals surface area contributed by atoms with E-state index >= 15 is 0 Å². The van der Waals surface area contributed by atoms with Crippen molar-refractivity contribution in [1.29, 1.82) is 5.26 Å². The molecule has 5 rings (SSSR count). The molecule has 2 N–H and O–H groups in total. The number of allylic oxidation sites excluding steroid dienone is 1. The van der Waals surface area contributed by atoms with E-state index in [-0.39, 0.29) is 23.0 Å². The van der Waals surface area contributed by atoms with Gasteiger partial charge in [-0.15, -0.1) is 0 Å². The molecule has 0 radical (unpaired) electrons. The second-order valence-corrected chi connectivity index (χ2v) is 10.9. The molecule has 0 aliphatic carbocycles. The Morgan fingerprint density at radius 2 is 1.90 bits per heavy atom. The van der Waals surface area contributed by atoms with Crippen LogP contribution in [0.2, 0.25) is 0 Å². The molecular weight excluding hydrogens is 600 g/mol. The predicted octanol–water partition coefficient (Wildman–Crippen LogP) is 7.91. The number of carbonyl (C=O) groups excluding carboxylic acids is 1. The summed E-state index contributed by atoms with van der Waals surface area (Å²) < 4.78 is 29.8. The third kappa shape index (κ3) is 5.81. The van der Waals surface area contributed by atoms with Gasteiger partial charge in [0, 0.05) is 27.1 Å². The van der Waals surface area contributed by atoms with E-state index in [9.17, 15) is 10.1 Å². The molecule has 42 heavy (non-hydrogen) atoms. The number of ether oxygens (including phenoxy) is 4. The quantitative estimate of drug-likeness (QED) is 0.107. The third-order valence-electron chi connectivity index (χ3n) is 7.26. The van der Waals surface area contributed by atoms with E-state index in [1.807, 2.05) is 30.3 Å². The number of nitriles is 1. The highest BCUT2D eigenvalue weighted by Gasteiger charge is 2.32. The van der Waals surface area contributed by atoms with E-state index in [0.29, 0.717) is 40.6 Å².